The molecule has 134 valence electrons. The highest BCUT2D eigenvalue weighted by atomic mass is 19.1. The van der Waals surface area contributed by atoms with E-state index in [2.05, 4.69) is 9.97 Å². The molecule has 1 aromatic heterocycles. The van der Waals surface area contributed by atoms with Crippen LogP contribution in [0.15, 0.2) is 30.6 Å². The van der Waals surface area contributed by atoms with Crippen molar-refractivity contribution >= 4 is 5.91 Å². The molecule has 1 aliphatic rings. The Morgan fingerprint density at radius 1 is 1.35 bits per heavy atom. The number of hydrogen-bond acceptors (Lipinski definition) is 5. The molecule has 1 saturated heterocycles. The number of piperidine rings is 1. The molecule has 1 atom stereocenters. The molecule has 0 spiro atoms. The number of carbonyl (C=O) groups is 1. The van der Waals surface area contributed by atoms with Crippen LogP contribution in [0.4, 0.5) is 8.78 Å². The summed E-state index contributed by atoms with van der Waals surface area (Å²) < 4.78 is 32.5. The quantitative estimate of drug-likeness (QED) is 0.837. The van der Waals surface area contributed by atoms with Gasteiger partial charge in [0.05, 0.1) is 13.0 Å². The average Bonchev–Trinajstić information content (AvgIpc) is 2.64. The van der Waals surface area contributed by atoms with Gasteiger partial charge in [-0.05, 0) is 24.5 Å². The van der Waals surface area contributed by atoms with E-state index in [1.165, 1.54) is 18.5 Å². The van der Waals surface area contributed by atoms with Crippen molar-refractivity contribution in [1.82, 2.24) is 14.9 Å². The summed E-state index contributed by atoms with van der Waals surface area (Å²) in [6.07, 6.45) is 3.78. The van der Waals surface area contributed by atoms with Gasteiger partial charge >= 0.3 is 0 Å². The van der Waals surface area contributed by atoms with E-state index in [1.54, 1.807) is 4.90 Å². The van der Waals surface area contributed by atoms with Gasteiger partial charge in [0.15, 0.2) is 0 Å². The molecule has 0 bridgehead atoms. The minimum absolute atomic E-state index is 0.0873. The van der Waals surface area contributed by atoms with E-state index in [-0.39, 0.29) is 35.6 Å². The molecule has 2 heterocycles. The van der Waals surface area contributed by atoms with Crippen LogP contribution in [-0.2, 0) is 11.2 Å². The molecule has 26 heavy (non-hydrogen) atoms. The van der Waals surface area contributed by atoms with E-state index >= 15 is 0 Å². The third-order valence-corrected chi connectivity index (χ3v) is 4.14. The summed E-state index contributed by atoms with van der Waals surface area (Å²) in [5.41, 5.74) is 0.240. The molecule has 1 amide bonds. The van der Waals surface area contributed by atoms with Gasteiger partial charge in [0.25, 0.3) is 5.88 Å². The lowest BCUT2D eigenvalue weighted by atomic mass is 10.1. The van der Waals surface area contributed by atoms with Crippen LogP contribution in [0.25, 0.3) is 0 Å². The first-order chi connectivity index (χ1) is 12.6. The Morgan fingerprint density at radius 3 is 2.92 bits per heavy atom. The molecule has 0 radical (unpaired) electrons. The zero-order chi connectivity index (χ0) is 18.5. The Labute approximate surface area is 149 Å². The van der Waals surface area contributed by atoms with Crippen molar-refractivity contribution < 1.29 is 18.3 Å². The number of benzene rings is 1. The molecule has 8 heteroatoms. The number of amides is 1. The minimum atomic E-state index is -0.735. The Bertz CT molecular complexity index is 853. The molecule has 3 rings (SSSR count). The predicted molar refractivity (Wildman–Crippen MR) is 87.0 cm³/mol. The van der Waals surface area contributed by atoms with Crippen LogP contribution in [0.1, 0.15) is 24.1 Å². The number of halogens is 2. The van der Waals surface area contributed by atoms with E-state index < -0.39 is 11.6 Å². The number of carbonyl (C=O) groups excluding carboxylic acids is 1. The molecule has 1 aromatic carbocycles. The number of nitriles is 1. The van der Waals surface area contributed by atoms with E-state index in [0.717, 1.165) is 12.1 Å². The second kappa shape index (κ2) is 7.87. The second-order valence-corrected chi connectivity index (χ2v) is 5.96. The zero-order valence-electron chi connectivity index (χ0n) is 13.9. The van der Waals surface area contributed by atoms with Gasteiger partial charge < -0.3 is 9.64 Å². The monoisotopic (exact) mass is 358 g/mol. The fourth-order valence-electron chi connectivity index (χ4n) is 2.85. The topological polar surface area (TPSA) is 79.1 Å². The van der Waals surface area contributed by atoms with Crippen LogP contribution in [0.3, 0.4) is 0 Å². The van der Waals surface area contributed by atoms with Gasteiger partial charge in [0.2, 0.25) is 11.6 Å². The SMILES string of the molecule is N#Cc1nccnc1OC1CCCN(C(=O)Cc2ccc(F)cc2F)C1. The summed E-state index contributed by atoms with van der Waals surface area (Å²) in [6, 6.07) is 5.08. The normalized spacial score (nSPS) is 16.8. The van der Waals surface area contributed by atoms with E-state index in [9.17, 15) is 13.6 Å². The van der Waals surface area contributed by atoms with Gasteiger partial charge in [0.1, 0.15) is 23.8 Å². The highest BCUT2D eigenvalue weighted by molar-refractivity contribution is 5.79. The molecule has 0 aliphatic carbocycles. The van der Waals surface area contributed by atoms with Crippen molar-refractivity contribution in [2.75, 3.05) is 13.1 Å². The summed E-state index contributed by atoms with van der Waals surface area (Å²) in [6.45, 7) is 0.843. The lowest BCUT2D eigenvalue weighted by molar-refractivity contribution is -0.133. The highest BCUT2D eigenvalue weighted by Crippen LogP contribution is 2.20. The van der Waals surface area contributed by atoms with Crippen molar-refractivity contribution in [2.45, 2.75) is 25.4 Å². The molecule has 1 aliphatic heterocycles. The molecule has 6 nitrogen and oxygen atoms in total. The maximum atomic E-state index is 13.7. The predicted octanol–water partition coefficient (Wildman–Crippen LogP) is 2.24. The number of nitrogens with zero attached hydrogens (tertiary/aromatic N) is 4. The third-order valence-electron chi connectivity index (χ3n) is 4.14. The standard InChI is InChI=1S/C18H16F2N4O2/c19-13-4-3-12(15(20)9-13)8-17(25)24-7-1-2-14(11-24)26-18-16(10-21)22-5-6-23-18/h3-6,9,14H,1-2,7-8,11H2. The van der Waals surface area contributed by atoms with Gasteiger partial charge in [0, 0.05) is 25.0 Å². The summed E-state index contributed by atoms with van der Waals surface area (Å²) in [7, 11) is 0. The Kier molecular flexibility index (Phi) is 5.37. The fraction of sp³-hybridized carbons (Fsp3) is 0.333. The van der Waals surface area contributed by atoms with Gasteiger partial charge in [-0.3, -0.25) is 4.79 Å². The summed E-state index contributed by atoms with van der Waals surface area (Å²) in [4.78, 5) is 21.9. The first-order valence-electron chi connectivity index (χ1n) is 8.16. The molecule has 1 unspecified atom stereocenters. The van der Waals surface area contributed by atoms with E-state index in [1.807, 2.05) is 6.07 Å². The minimum Gasteiger partial charge on any atom is -0.470 e. The molecule has 2 aromatic rings. The van der Waals surface area contributed by atoms with Crippen LogP contribution in [0.2, 0.25) is 0 Å². The Hall–Kier alpha value is -3.08. The molecule has 1 fully saturated rings. The number of ether oxygens (including phenoxy) is 1. The number of aromatic nitrogens is 2. The summed E-state index contributed by atoms with van der Waals surface area (Å²) in [5.74, 6) is -1.54. The van der Waals surface area contributed by atoms with E-state index in [4.69, 9.17) is 10.00 Å². The zero-order valence-corrected chi connectivity index (χ0v) is 13.9. The van der Waals surface area contributed by atoms with Crippen LogP contribution in [0, 0.1) is 23.0 Å². The second-order valence-electron chi connectivity index (χ2n) is 5.96. The smallest absolute Gasteiger partial charge is 0.251 e. The van der Waals surface area contributed by atoms with Gasteiger partial charge in [-0.2, -0.15) is 5.26 Å². The number of hydrogen-bond donors (Lipinski definition) is 0. The fourth-order valence-corrected chi connectivity index (χ4v) is 2.85. The van der Waals surface area contributed by atoms with Crippen LogP contribution >= 0.6 is 0 Å². The van der Waals surface area contributed by atoms with Gasteiger partial charge in [-0.25, -0.2) is 18.7 Å². The van der Waals surface area contributed by atoms with Crippen LogP contribution < -0.4 is 4.74 Å². The van der Waals surface area contributed by atoms with Crippen molar-refractivity contribution in [1.29, 1.82) is 5.26 Å². The Morgan fingerprint density at radius 2 is 2.15 bits per heavy atom. The maximum absolute atomic E-state index is 13.7. The first kappa shape index (κ1) is 17.7. The molecule has 0 N–H and O–H groups in total. The summed E-state index contributed by atoms with van der Waals surface area (Å²) >= 11 is 0. The van der Waals surface area contributed by atoms with Crippen LogP contribution in [-0.4, -0.2) is 40.0 Å². The molecule has 0 saturated carbocycles. The van der Waals surface area contributed by atoms with Crippen molar-refractivity contribution in [2.24, 2.45) is 0 Å². The number of likely N-dealkylation sites (tertiary alicyclic amines) is 1. The third kappa shape index (κ3) is 4.11. The first-order valence-corrected chi connectivity index (χ1v) is 8.16. The maximum Gasteiger partial charge on any atom is 0.251 e. The van der Waals surface area contributed by atoms with Gasteiger partial charge in [-0.15, -0.1) is 0 Å². The Balaban J connectivity index is 1.64. The van der Waals surface area contributed by atoms with Crippen molar-refractivity contribution in [3.8, 4) is 11.9 Å². The van der Waals surface area contributed by atoms with Crippen LogP contribution in [0.5, 0.6) is 5.88 Å². The lowest BCUT2D eigenvalue weighted by Gasteiger charge is -2.32. The summed E-state index contributed by atoms with van der Waals surface area (Å²) in [5, 5.41) is 9.04. The lowest BCUT2D eigenvalue weighted by Crippen LogP contribution is -2.45. The average molecular weight is 358 g/mol. The highest BCUT2D eigenvalue weighted by Gasteiger charge is 2.26. The molecular formula is C18H16F2N4O2. The van der Waals surface area contributed by atoms with Gasteiger partial charge in [-0.1, -0.05) is 6.07 Å². The largest absolute Gasteiger partial charge is 0.470 e. The number of rotatable bonds is 4. The molecular weight excluding hydrogens is 342 g/mol. The van der Waals surface area contributed by atoms with E-state index in [0.29, 0.717) is 25.9 Å². The van der Waals surface area contributed by atoms with Crippen molar-refractivity contribution in [3.63, 3.8) is 0 Å². The van der Waals surface area contributed by atoms with Crippen molar-refractivity contribution in [3.05, 3.63) is 53.5 Å².